The van der Waals surface area contributed by atoms with Crippen LogP contribution in [0.25, 0.3) is 0 Å². The summed E-state index contributed by atoms with van der Waals surface area (Å²) >= 11 is 6.36. The van der Waals surface area contributed by atoms with Crippen molar-refractivity contribution in [2.45, 2.75) is 64.6 Å². The Bertz CT molecular complexity index is 439. The molecule has 1 aromatic rings. The fourth-order valence-electron chi connectivity index (χ4n) is 3.23. The summed E-state index contributed by atoms with van der Waals surface area (Å²) in [6.07, 6.45) is 6.31. The zero-order valence-corrected chi connectivity index (χ0v) is 13.7. The summed E-state index contributed by atoms with van der Waals surface area (Å²) in [7, 11) is 0. The molecule has 2 N–H and O–H groups in total. The molecule has 0 amide bonds. The fraction of sp³-hybridized carbons (Fsp3) is 0.800. The molecule has 1 aromatic heterocycles. The molecule has 0 spiro atoms. The molecule has 2 rings (SSSR count). The first-order valence-electron chi connectivity index (χ1n) is 7.76. The maximum Gasteiger partial charge on any atom is 0.0834 e. The second-order valence-corrected chi connectivity index (χ2v) is 6.39. The van der Waals surface area contributed by atoms with Gasteiger partial charge in [0.25, 0.3) is 0 Å². The van der Waals surface area contributed by atoms with Crippen LogP contribution in [0.15, 0.2) is 6.20 Å². The van der Waals surface area contributed by atoms with Crippen molar-refractivity contribution in [2.75, 3.05) is 13.1 Å². The summed E-state index contributed by atoms with van der Waals surface area (Å²) in [5.41, 5.74) is 7.59. The van der Waals surface area contributed by atoms with Crippen molar-refractivity contribution in [2.24, 2.45) is 5.73 Å². The molecule has 0 bridgehead atoms. The Labute approximate surface area is 127 Å². The lowest BCUT2D eigenvalue weighted by molar-refractivity contribution is 0.0965. The van der Waals surface area contributed by atoms with E-state index in [2.05, 4.69) is 30.8 Å². The molecule has 0 aliphatic carbocycles. The highest BCUT2D eigenvalue weighted by molar-refractivity contribution is 6.31. The minimum absolute atomic E-state index is 0.0499. The highest BCUT2D eigenvalue weighted by Gasteiger charge is 2.40. The number of likely N-dealkylation sites (tertiary alicyclic amines) is 1. The molecule has 0 saturated carbocycles. The zero-order chi connectivity index (χ0) is 14.8. The number of rotatable bonds is 6. The molecule has 1 aliphatic rings. The average Bonchev–Trinajstić information content (AvgIpc) is 3.08. The standard InChI is InChI=1S/C15H27ClN4/c1-4-8-20-13(12(16)11-18-20)14(17)15(3,5-2)19-9-6-7-10-19/h11,14H,4-10,17H2,1-3H3. The van der Waals surface area contributed by atoms with Gasteiger partial charge in [0, 0.05) is 12.1 Å². The predicted molar refractivity (Wildman–Crippen MR) is 84.0 cm³/mol. The van der Waals surface area contributed by atoms with Gasteiger partial charge < -0.3 is 5.73 Å². The van der Waals surface area contributed by atoms with Crippen LogP contribution >= 0.6 is 11.6 Å². The maximum absolute atomic E-state index is 6.65. The van der Waals surface area contributed by atoms with Gasteiger partial charge >= 0.3 is 0 Å². The predicted octanol–water partition coefficient (Wildman–Crippen LogP) is 3.21. The first-order chi connectivity index (χ1) is 9.54. The van der Waals surface area contributed by atoms with Crippen molar-refractivity contribution in [3.8, 4) is 0 Å². The van der Waals surface area contributed by atoms with E-state index >= 15 is 0 Å². The van der Waals surface area contributed by atoms with E-state index in [9.17, 15) is 0 Å². The van der Waals surface area contributed by atoms with Gasteiger partial charge in [-0.05, 0) is 45.7 Å². The number of aromatic nitrogens is 2. The van der Waals surface area contributed by atoms with Gasteiger partial charge in [0.2, 0.25) is 0 Å². The largest absolute Gasteiger partial charge is 0.321 e. The van der Waals surface area contributed by atoms with Gasteiger partial charge in [0.1, 0.15) is 0 Å². The SMILES string of the molecule is CCCn1ncc(Cl)c1C(N)C(C)(CC)N1CCCC1. The van der Waals surface area contributed by atoms with Crippen LogP contribution in [-0.2, 0) is 6.54 Å². The third-order valence-electron chi connectivity index (χ3n) is 4.78. The van der Waals surface area contributed by atoms with Gasteiger partial charge in [-0.25, -0.2) is 0 Å². The van der Waals surface area contributed by atoms with Gasteiger partial charge in [-0.3, -0.25) is 9.58 Å². The molecule has 1 saturated heterocycles. The van der Waals surface area contributed by atoms with Gasteiger partial charge in [-0.1, -0.05) is 25.4 Å². The molecule has 0 radical (unpaired) electrons. The van der Waals surface area contributed by atoms with Crippen LogP contribution in [-0.4, -0.2) is 33.3 Å². The Balaban J connectivity index is 2.32. The maximum atomic E-state index is 6.65. The molecule has 20 heavy (non-hydrogen) atoms. The second-order valence-electron chi connectivity index (χ2n) is 5.98. The second kappa shape index (κ2) is 6.46. The van der Waals surface area contributed by atoms with Crippen molar-refractivity contribution in [1.82, 2.24) is 14.7 Å². The lowest BCUT2D eigenvalue weighted by Gasteiger charge is -2.43. The summed E-state index contributed by atoms with van der Waals surface area (Å²) in [6, 6.07) is -0.104. The van der Waals surface area contributed by atoms with E-state index in [1.807, 2.05) is 4.68 Å². The van der Waals surface area contributed by atoms with Crippen LogP contribution in [0.2, 0.25) is 5.02 Å². The molecule has 1 fully saturated rings. The van der Waals surface area contributed by atoms with E-state index in [4.69, 9.17) is 17.3 Å². The van der Waals surface area contributed by atoms with Gasteiger partial charge in [0.15, 0.2) is 0 Å². The van der Waals surface area contributed by atoms with E-state index in [1.54, 1.807) is 6.20 Å². The molecule has 5 heteroatoms. The first-order valence-corrected chi connectivity index (χ1v) is 8.14. The molecule has 0 aromatic carbocycles. The molecule has 2 heterocycles. The molecule has 2 atom stereocenters. The number of nitrogens with zero attached hydrogens (tertiary/aromatic N) is 3. The Morgan fingerprint density at radius 2 is 2.05 bits per heavy atom. The molecular formula is C15H27ClN4. The van der Waals surface area contributed by atoms with Crippen LogP contribution in [0.4, 0.5) is 0 Å². The van der Waals surface area contributed by atoms with Crippen LogP contribution in [0.5, 0.6) is 0 Å². The third kappa shape index (κ3) is 2.74. The number of nitrogens with two attached hydrogens (primary N) is 1. The number of hydrogen-bond donors (Lipinski definition) is 1. The molecule has 4 nitrogen and oxygen atoms in total. The first kappa shape index (κ1) is 15.8. The van der Waals surface area contributed by atoms with Gasteiger partial charge in [-0.2, -0.15) is 5.10 Å². The Hall–Kier alpha value is -0.580. The van der Waals surface area contributed by atoms with Crippen molar-refractivity contribution in [1.29, 1.82) is 0 Å². The van der Waals surface area contributed by atoms with E-state index in [0.717, 1.165) is 38.2 Å². The van der Waals surface area contributed by atoms with Crippen molar-refractivity contribution in [3.63, 3.8) is 0 Å². The lowest BCUT2D eigenvalue weighted by atomic mass is 9.86. The van der Waals surface area contributed by atoms with Crippen molar-refractivity contribution >= 4 is 11.6 Å². The lowest BCUT2D eigenvalue weighted by Crippen LogP contribution is -2.52. The number of hydrogen-bond acceptors (Lipinski definition) is 3. The van der Waals surface area contributed by atoms with Crippen LogP contribution < -0.4 is 5.73 Å². The monoisotopic (exact) mass is 298 g/mol. The molecule has 114 valence electrons. The van der Waals surface area contributed by atoms with E-state index in [-0.39, 0.29) is 11.6 Å². The highest BCUT2D eigenvalue weighted by atomic mass is 35.5. The van der Waals surface area contributed by atoms with E-state index in [0.29, 0.717) is 5.02 Å². The number of aryl methyl sites for hydroxylation is 1. The summed E-state index contributed by atoms with van der Waals surface area (Å²) in [6.45, 7) is 9.77. The Morgan fingerprint density at radius 1 is 1.40 bits per heavy atom. The molecule has 1 aliphatic heterocycles. The average molecular weight is 299 g/mol. The molecular weight excluding hydrogens is 272 g/mol. The highest BCUT2D eigenvalue weighted by Crippen LogP contribution is 2.37. The van der Waals surface area contributed by atoms with Crippen molar-refractivity contribution < 1.29 is 0 Å². The Morgan fingerprint density at radius 3 is 2.60 bits per heavy atom. The van der Waals surface area contributed by atoms with E-state index in [1.165, 1.54) is 12.8 Å². The van der Waals surface area contributed by atoms with Gasteiger partial charge in [0.05, 0.1) is 23.0 Å². The van der Waals surface area contributed by atoms with E-state index < -0.39 is 0 Å². The molecule has 2 unspecified atom stereocenters. The zero-order valence-electron chi connectivity index (χ0n) is 12.9. The summed E-state index contributed by atoms with van der Waals surface area (Å²) in [5.74, 6) is 0. The topological polar surface area (TPSA) is 47.1 Å². The normalized spacial score (nSPS) is 21.1. The smallest absolute Gasteiger partial charge is 0.0834 e. The Kier molecular flexibility index (Phi) is 5.10. The quantitative estimate of drug-likeness (QED) is 0.877. The van der Waals surface area contributed by atoms with Crippen molar-refractivity contribution in [3.05, 3.63) is 16.9 Å². The fourth-order valence-corrected chi connectivity index (χ4v) is 3.49. The number of halogens is 1. The summed E-state index contributed by atoms with van der Waals surface area (Å²) in [4.78, 5) is 2.53. The van der Waals surface area contributed by atoms with Crippen LogP contribution in [0.3, 0.4) is 0 Å². The minimum atomic E-state index is -0.104. The van der Waals surface area contributed by atoms with Crippen LogP contribution in [0.1, 0.15) is 58.2 Å². The minimum Gasteiger partial charge on any atom is -0.321 e. The van der Waals surface area contributed by atoms with Crippen LogP contribution in [0, 0.1) is 0 Å². The van der Waals surface area contributed by atoms with Gasteiger partial charge in [-0.15, -0.1) is 0 Å². The summed E-state index contributed by atoms with van der Waals surface area (Å²) in [5, 5.41) is 5.09. The summed E-state index contributed by atoms with van der Waals surface area (Å²) < 4.78 is 1.98. The third-order valence-corrected chi connectivity index (χ3v) is 5.07.